The molecule has 1 aliphatic heterocycles. The smallest absolute Gasteiger partial charge is 0.224 e. The molecule has 1 aromatic carbocycles. The number of amides is 1. The summed E-state index contributed by atoms with van der Waals surface area (Å²) in [5, 5.41) is 6.48. The van der Waals surface area contributed by atoms with E-state index in [1.54, 1.807) is 0 Å². The van der Waals surface area contributed by atoms with E-state index < -0.39 is 0 Å². The van der Waals surface area contributed by atoms with Crippen LogP contribution in [0.25, 0.3) is 0 Å². The van der Waals surface area contributed by atoms with Gasteiger partial charge in [0.1, 0.15) is 0 Å². The maximum atomic E-state index is 12.2. The van der Waals surface area contributed by atoms with Crippen molar-refractivity contribution in [2.75, 3.05) is 17.2 Å². The van der Waals surface area contributed by atoms with Gasteiger partial charge in [-0.3, -0.25) is 4.79 Å². The summed E-state index contributed by atoms with van der Waals surface area (Å²) < 4.78 is 0. The van der Waals surface area contributed by atoms with Gasteiger partial charge in [-0.2, -0.15) is 0 Å². The molecule has 20 heavy (non-hydrogen) atoms. The minimum Gasteiger partial charge on any atom is -0.385 e. The number of rotatable bonds is 3. The third kappa shape index (κ3) is 3.53. The molecular weight excluding hydrogens is 248 g/mol. The van der Waals surface area contributed by atoms with E-state index in [-0.39, 0.29) is 11.3 Å². The number of fused-ring (bicyclic) bond motifs is 1. The van der Waals surface area contributed by atoms with E-state index in [0.717, 1.165) is 30.8 Å². The molecule has 0 aliphatic carbocycles. The molecule has 2 N–H and O–H groups in total. The van der Waals surface area contributed by atoms with E-state index in [1.165, 1.54) is 5.56 Å². The molecule has 3 heteroatoms. The van der Waals surface area contributed by atoms with E-state index in [2.05, 4.69) is 44.4 Å². The normalized spacial score (nSPS) is 16.0. The Kier molecular flexibility index (Phi) is 4.36. The molecule has 3 nitrogen and oxygen atoms in total. The van der Waals surface area contributed by atoms with Crippen LogP contribution in [-0.2, 0) is 11.2 Å². The van der Waals surface area contributed by atoms with Crippen molar-refractivity contribution in [3.8, 4) is 0 Å². The van der Waals surface area contributed by atoms with Crippen molar-refractivity contribution in [3.05, 3.63) is 23.8 Å². The van der Waals surface area contributed by atoms with Gasteiger partial charge in [0.05, 0.1) is 0 Å². The van der Waals surface area contributed by atoms with Crippen LogP contribution in [0.3, 0.4) is 0 Å². The van der Waals surface area contributed by atoms with Crippen molar-refractivity contribution in [1.29, 1.82) is 0 Å². The number of hydrogen-bond acceptors (Lipinski definition) is 2. The number of nitrogens with one attached hydrogen (secondary N) is 2. The summed E-state index contributed by atoms with van der Waals surface area (Å²) in [6.07, 6.45) is 2.73. The number of anilines is 2. The molecule has 1 unspecified atom stereocenters. The van der Waals surface area contributed by atoms with Gasteiger partial charge in [-0.05, 0) is 41.9 Å². The molecule has 1 heterocycles. The summed E-state index contributed by atoms with van der Waals surface area (Å²) in [5.41, 5.74) is 3.55. The maximum absolute atomic E-state index is 12.2. The van der Waals surface area contributed by atoms with Gasteiger partial charge in [0, 0.05) is 24.3 Å². The van der Waals surface area contributed by atoms with Crippen LogP contribution < -0.4 is 10.6 Å². The fourth-order valence-electron chi connectivity index (χ4n) is 2.41. The zero-order valence-electron chi connectivity index (χ0n) is 13.0. The molecule has 0 saturated heterocycles. The fraction of sp³-hybridized carbons (Fsp3) is 0.588. The molecule has 0 aromatic heterocycles. The minimum absolute atomic E-state index is 0.117. The van der Waals surface area contributed by atoms with E-state index in [0.29, 0.717) is 12.3 Å². The summed E-state index contributed by atoms with van der Waals surface area (Å²) in [6, 6.07) is 6.09. The first kappa shape index (κ1) is 14.9. The molecule has 0 bridgehead atoms. The van der Waals surface area contributed by atoms with E-state index in [4.69, 9.17) is 0 Å². The van der Waals surface area contributed by atoms with E-state index in [1.807, 2.05) is 12.1 Å². The highest BCUT2D eigenvalue weighted by atomic mass is 16.1. The highest BCUT2D eigenvalue weighted by molar-refractivity contribution is 5.92. The number of benzene rings is 1. The van der Waals surface area contributed by atoms with Crippen molar-refractivity contribution < 1.29 is 4.79 Å². The lowest BCUT2D eigenvalue weighted by molar-refractivity contribution is -0.117. The third-order valence-electron chi connectivity index (χ3n) is 4.34. The summed E-state index contributed by atoms with van der Waals surface area (Å²) >= 11 is 0. The molecule has 0 saturated carbocycles. The van der Waals surface area contributed by atoms with Crippen molar-refractivity contribution in [3.63, 3.8) is 0 Å². The lowest BCUT2D eigenvalue weighted by Gasteiger charge is -2.27. The Morgan fingerprint density at radius 3 is 2.85 bits per heavy atom. The number of carbonyl (C=O) groups is 1. The highest BCUT2D eigenvalue weighted by Crippen LogP contribution is 2.31. The lowest BCUT2D eigenvalue weighted by atomic mass is 9.80. The Hall–Kier alpha value is -1.51. The minimum atomic E-state index is 0.117. The predicted molar refractivity (Wildman–Crippen MR) is 85.1 cm³/mol. The Bertz CT molecular complexity index is 488. The van der Waals surface area contributed by atoms with Crippen LogP contribution in [0.1, 0.15) is 46.1 Å². The summed E-state index contributed by atoms with van der Waals surface area (Å²) in [5.74, 6) is 0.478. The second-order valence-electron chi connectivity index (χ2n) is 6.88. The number of hydrogen-bond donors (Lipinski definition) is 2. The monoisotopic (exact) mass is 274 g/mol. The van der Waals surface area contributed by atoms with Crippen LogP contribution in [0.4, 0.5) is 11.4 Å². The molecule has 2 rings (SSSR count). The topological polar surface area (TPSA) is 41.1 Å². The quantitative estimate of drug-likeness (QED) is 0.873. The van der Waals surface area contributed by atoms with Gasteiger partial charge >= 0.3 is 0 Å². The molecule has 0 spiro atoms. The van der Waals surface area contributed by atoms with Gasteiger partial charge < -0.3 is 10.6 Å². The van der Waals surface area contributed by atoms with Gasteiger partial charge in [-0.25, -0.2) is 0 Å². The van der Waals surface area contributed by atoms with Crippen molar-refractivity contribution in [2.45, 2.75) is 47.0 Å². The Labute approximate surface area is 122 Å². The van der Waals surface area contributed by atoms with Crippen LogP contribution in [0, 0.1) is 11.3 Å². The average molecular weight is 274 g/mol. The third-order valence-corrected chi connectivity index (χ3v) is 4.34. The molecule has 110 valence electrons. The first-order valence-corrected chi connectivity index (χ1v) is 7.53. The van der Waals surface area contributed by atoms with Crippen LogP contribution in [0.5, 0.6) is 0 Å². The summed E-state index contributed by atoms with van der Waals surface area (Å²) in [7, 11) is 0. The zero-order chi connectivity index (χ0) is 14.8. The highest BCUT2D eigenvalue weighted by Gasteiger charge is 2.23. The second-order valence-corrected chi connectivity index (χ2v) is 6.88. The summed E-state index contributed by atoms with van der Waals surface area (Å²) in [4.78, 5) is 12.2. The van der Waals surface area contributed by atoms with Crippen LogP contribution >= 0.6 is 0 Å². The predicted octanol–water partition coefficient (Wildman–Crippen LogP) is 4.06. The first-order valence-electron chi connectivity index (χ1n) is 7.53. The van der Waals surface area contributed by atoms with E-state index >= 15 is 0 Å². The van der Waals surface area contributed by atoms with Gasteiger partial charge in [0.25, 0.3) is 0 Å². The standard InChI is InChI=1S/C17H26N2O/c1-12(17(2,3)4)11-16(20)19-15-9-5-8-14-13(15)7-6-10-18-14/h5,8-9,12,18H,6-7,10-11H2,1-4H3,(H,19,20). The SMILES string of the molecule is CC(CC(=O)Nc1cccc2c1CCCN2)C(C)(C)C. The molecular formula is C17H26N2O. The maximum Gasteiger partial charge on any atom is 0.224 e. The van der Waals surface area contributed by atoms with Crippen molar-refractivity contribution >= 4 is 17.3 Å². The molecule has 0 fully saturated rings. The zero-order valence-corrected chi connectivity index (χ0v) is 13.0. The van der Waals surface area contributed by atoms with Crippen molar-refractivity contribution in [2.24, 2.45) is 11.3 Å². The molecule has 1 amide bonds. The Morgan fingerprint density at radius 1 is 1.40 bits per heavy atom. The molecule has 1 aromatic rings. The van der Waals surface area contributed by atoms with Crippen LogP contribution in [-0.4, -0.2) is 12.5 Å². The summed E-state index contributed by atoms with van der Waals surface area (Å²) in [6.45, 7) is 9.70. The Balaban J connectivity index is 2.05. The van der Waals surface area contributed by atoms with Gasteiger partial charge in [-0.1, -0.05) is 33.8 Å². The molecule has 1 aliphatic rings. The van der Waals surface area contributed by atoms with Crippen LogP contribution in [0.15, 0.2) is 18.2 Å². The van der Waals surface area contributed by atoms with Crippen LogP contribution in [0.2, 0.25) is 0 Å². The molecule has 1 atom stereocenters. The fourth-order valence-corrected chi connectivity index (χ4v) is 2.41. The van der Waals surface area contributed by atoms with E-state index in [9.17, 15) is 4.79 Å². The largest absolute Gasteiger partial charge is 0.385 e. The second kappa shape index (κ2) is 5.86. The average Bonchev–Trinajstić information content (AvgIpc) is 2.38. The van der Waals surface area contributed by atoms with Gasteiger partial charge in [-0.15, -0.1) is 0 Å². The number of carbonyl (C=O) groups excluding carboxylic acids is 1. The van der Waals surface area contributed by atoms with Gasteiger partial charge in [0.2, 0.25) is 5.91 Å². The first-order chi connectivity index (χ1) is 9.38. The van der Waals surface area contributed by atoms with Gasteiger partial charge in [0.15, 0.2) is 0 Å². The lowest BCUT2D eigenvalue weighted by Crippen LogP contribution is -2.24. The Morgan fingerprint density at radius 2 is 2.15 bits per heavy atom. The molecule has 0 radical (unpaired) electrons. The van der Waals surface area contributed by atoms with Crippen molar-refractivity contribution in [1.82, 2.24) is 0 Å².